The topological polar surface area (TPSA) is 29.5 Å². The normalized spacial score (nSPS) is 15.7. The molecule has 0 saturated carbocycles. The van der Waals surface area contributed by atoms with E-state index in [0.29, 0.717) is 0 Å². The number of aliphatic hydroxyl groups excluding tert-OH is 1. The molecule has 1 aliphatic rings. The van der Waals surface area contributed by atoms with E-state index >= 15 is 0 Å². The highest BCUT2D eigenvalue weighted by Gasteiger charge is 2.17. The van der Waals surface area contributed by atoms with Crippen molar-refractivity contribution in [2.45, 2.75) is 24.3 Å². The van der Waals surface area contributed by atoms with Gasteiger partial charge in [0, 0.05) is 28.0 Å². The molecule has 1 heterocycles. The lowest BCUT2D eigenvalue weighted by Gasteiger charge is -2.11. The molecule has 1 N–H and O–H groups in total. The van der Waals surface area contributed by atoms with E-state index in [1.165, 1.54) is 5.56 Å². The molecule has 0 fully saturated rings. The van der Waals surface area contributed by atoms with E-state index in [-0.39, 0.29) is 11.9 Å². The molecule has 4 heteroatoms. The maximum absolute atomic E-state index is 8.98. The van der Waals surface area contributed by atoms with Crippen molar-refractivity contribution in [1.82, 2.24) is 0 Å². The third kappa shape index (κ3) is 2.65. The second kappa shape index (κ2) is 5.30. The van der Waals surface area contributed by atoms with Gasteiger partial charge in [-0.25, -0.2) is 0 Å². The molecule has 2 rings (SSSR count). The molecule has 0 saturated heterocycles. The molecule has 1 aromatic rings. The minimum absolute atomic E-state index is 0.203. The Bertz CT molecular complexity index is 382. The molecular weight excluding hydrogens is 244 g/mol. The first-order valence-corrected chi connectivity index (χ1v) is 6.80. The number of halogens is 1. The van der Waals surface area contributed by atoms with Gasteiger partial charge < -0.3 is 9.84 Å². The fourth-order valence-electron chi connectivity index (χ4n) is 1.74. The highest BCUT2D eigenvalue weighted by molar-refractivity contribution is 7.99. The molecule has 1 aromatic carbocycles. The van der Waals surface area contributed by atoms with Crippen LogP contribution in [0.25, 0.3) is 0 Å². The number of aliphatic hydroxyl groups is 1. The zero-order chi connectivity index (χ0) is 11.5. The van der Waals surface area contributed by atoms with E-state index in [4.69, 9.17) is 21.4 Å². The molecule has 2 nitrogen and oxygen atoms in total. The zero-order valence-corrected chi connectivity index (χ0v) is 10.8. The fraction of sp³-hybridized carbons (Fsp3) is 0.500. The van der Waals surface area contributed by atoms with E-state index in [2.05, 4.69) is 0 Å². The highest BCUT2D eigenvalue weighted by atomic mass is 35.5. The van der Waals surface area contributed by atoms with Crippen LogP contribution < -0.4 is 4.74 Å². The van der Waals surface area contributed by atoms with Crippen molar-refractivity contribution in [3.63, 3.8) is 0 Å². The Morgan fingerprint density at radius 2 is 2.38 bits per heavy atom. The second-order valence-electron chi connectivity index (χ2n) is 3.96. The molecule has 0 aromatic heterocycles. The van der Waals surface area contributed by atoms with Gasteiger partial charge in [0.15, 0.2) is 0 Å². The third-order valence-electron chi connectivity index (χ3n) is 2.61. The van der Waals surface area contributed by atoms with Crippen molar-refractivity contribution in [2.75, 3.05) is 13.2 Å². The summed E-state index contributed by atoms with van der Waals surface area (Å²) < 4.78 is 5.62. The summed E-state index contributed by atoms with van der Waals surface area (Å²) in [5.74, 6) is 1.84. The van der Waals surface area contributed by atoms with Crippen molar-refractivity contribution < 1.29 is 9.84 Å². The molecule has 0 radical (unpaired) electrons. The van der Waals surface area contributed by atoms with Gasteiger partial charge in [-0.15, -0.1) is 0 Å². The first kappa shape index (κ1) is 12.1. The number of hydrogen-bond acceptors (Lipinski definition) is 3. The summed E-state index contributed by atoms with van der Waals surface area (Å²) in [6.07, 6.45) is 0.948. The average molecular weight is 259 g/mol. The van der Waals surface area contributed by atoms with Crippen LogP contribution in [0.1, 0.15) is 18.1 Å². The molecule has 0 aliphatic carbocycles. The Balaban J connectivity index is 2.14. The monoisotopic (exact) mass is 258 g/mol. The van der Waals surface area contributed by atoms with Crippen LogP contribution in [-0.2, 0) is 12.2 Å². The molecule has 0 amide bonds. The van der Waals surface area contributed by atoms with Gasteiger partial charge in [0.05, 0.1) is 13.2 Å². The van der Waals surface area contributed by atoms with Gasteiger partial charge in [-0.05, 0) is 17.7 Å². The standard InChI is InChI=1S/C12H15ClO2S/c1-8(6-14)16-7-10-5-11(13)4-9-2-3-15-12(9)10/h4-5,8,14H,2-3,6-7H2,1H3. The predicted octanol–water partition coefficient (Wildman–Crippen LogP) is 2.89. The number of rotatable bonds is 4. The summed E-state index contributed by atoms with van der Waals surface area (Å²) in [6.45, 7) is 2.97. The van der Waals surface area contributed by atoms with Crippen LogP contribution in [-0.4, -0.2) is 23.6 Å². The number of thioether (sulfide) groups is 1. The Morgan fingerprint density at radius 1 is 1.56 bits per heavy atom. The lowest BCUT2D eigenvalue weighted by Crippen LogP contribution is -2.02. The predicted molar refractivity (Wildman–Crippen MR) is 68.5 cm³/mol. The zero-order valence-electron chi connectivity index (χ0n) is 9.20. The summed E-state index contributed by atoms with van der Waals surface area (Å²) in [7, 11) is 0. The van der Waals surface area contributed by atoms with Gasteiger partial charge in [-0.1, -0.05) is 18.5 Å². The molecule has 0 bridgehead atoms. The van der Waals surface area contributed by atoms with E-state index in [1.54, 1.807) is 11.8 Å². The number of ether oxygens (including phenoxy) is 1. The average Bonchev–Trinajstić information content (AvgIpc) is 2.73. The van der Waals surface area contributed by atoms with Crippen LogP contribution in [0.5, 0.6) is 5.75 Å². The van der Waals surface area contributed by atoms with Gasteiger partial charge in [0.25, 0.3) is 0 Å². The molecule has 1 unspecified atom stereocenters. The Kier molecular flexibility index (Phi) is 4.00. The van der Waals surface area contributed by atoms with Gasteiger partial charge in [-0.3, -0.25) is 0 Å². The summed E-state index contributed by atoms with van der Waals surface area (Å²) in [5, 5.41) is 10.0. The van der Waals surface area contributed by atoms with Crippen LogP contribution in [0.3, 0.4) is 0 Å². The van der Waals surface area contributed by atoms with E-state index in [9.17, 15) is 0 Å². The molecule has 88 valence electrons. The number of hydrogen-bond donors (Lipinski definition) is 1. The van der Waals surface area contributed by atoms with Crippen molar-refractivity contribution >= 4 is 23.4 Å². The van der Waals surface area contributed by atoms with Crippen molar-refractivity contribution in [3.8, 4) is 5.75 Å². The van der Waals surface area contributed by atoms with E-state index in [1.807, 2.05) is 19.1 Å². The van der Waals surface area contributed by atoms with Crippen molar-refractivity contribution in [1.29, 1.82) is 0 Å². The Hall–Kier alpha value is -0.380. The molecular formula is C12H15ClO2S. The minimum Gasteiger partial charge on any atom is -0.493 e. The van der Waals surface area contributed by atoms with E-state index in [0.717, 1.165) is 35.1 Å². The van der Waals surface area contributed by atoms with Crippen LogP contribution in [0.4, 0.5) is 0 Å². The summed E-state index contributed by atoms with van der Waals surface area (Å²) >= 11 is 7.78. The molecule has 0 spiro atoms. The fourth-order valence-corrected chi connectivity index (χ4v) is 2.79. The molecule has 1 aliphatic heterocycles. The van der Waals surface area contributed by atoms with E-state index < -0.39 is 0 Å². The van der Waals surface area contributed by atoms with Gasteiger partial charge >= 0.3 is 0 Å². The quantitative estimate of drug-likeness (QED) is 0.901. The summed E-state index contributed by atoms with van der Waals surface area (Å²) in [4.78, 5) is 0. The van der Waals surface area contributed by atoms with Crippen LogP contribution in [0, 0.1) is 0 Å². The van der Waals surface area contributed by atoms with Gasteiger partial charge in [-0.2, -0.15) is 11.8 Å². The molecule has 1 atom stereocenters. The lowest BCUT2D eigenvalue weighted by molar-refractivity contribution is 0.300. The second-order valence-corrected chi connectivity index (χ2v) is 5.82. The minimum atomic E-state index is 0.203. The largest absolute Gasteiger partial charge is 0.493 e. The molecule has 16 heavy (non-hydrogen) atoms. The Labute approximate surface area is 105 Å². The Morgan fingerprint density at radius 3 is 3.12 bits per heavy atom. The smallest absolute Gasteiger partial charge is 0.126 e. The summed E-state index contributed by atoms with van der Waals surface area (Å²) in [5.41, 5.74) is 2.35. The van der Waals surface area contributed by atoms with Crippen LogP contribution >= 0.6 is 23.4 Å². The van der Waals surface area contributed by atoms with Crippen LogP contribution in [0.2, 0.25) is 5.02 Å². The van der Waals surface area contributed by atoms with Crippen LogP contribution in [0.15, 0.2) is 12.1 Å². The number of fused-ring (bicyclic) bond motifs is 1. The number of benzene rings is 1. The first-order valence-electron chi connectivity index (χ1n) is 5.37. The highest BCUT2D eigenvalue weighted by Crippen LogP contribution is 2.35. The SMILES string of the molecule is CC(CO)SCc1cc(Cl)cc2c1OCC2. The van der Waals surface area contributed by atoms with Crippen molar-refractivity contribution in [2.24, 2.45) is 0 Å². The maximum atomic E-state index is 8.98. The first-order chi connectivity index (χ1) is 7.70. The summed E-state index contributed by atoms with van der Waals surface area (Å²) in [6, 6.07) is 3.94. The van der Waals surface area contributed by atoms with Crippen molar-refractivity contribution in [3.05, 3.63) is 28.3 Å². The lowest BCUT2D eigenvalue weighted by atomic mass is 10.1. The maximum Gasteiger partial charge on any atom is 0.126 e. The third-order valence-corrected chi connectivity index (χ3v) is 4.02. The van der Waals surface area contributed by atoms with Gasteiger partial charge in [0.2, 0.25) is 0 Å². The van der Waals surface area contributed by atoms with Gasteiger partial charge in [0.1, 0.15) is 5.75 Å².